The molecule has 5 heteroatoms. The standard InChI is InChI=1S/C19H25BrN2O.ClH/c20-17-4-2-16(3-5-17)19(8-1-9-19)18(23)22-10-6-14-12-21-13-15(14)7-11-22;/h2-5,14-15,21H,1,6-13H2;1H/t14-,15+;. The van der Waals surface area contributed by atoms with E-state index >= 15 is 0 Å². The van der Waals surface area contributed by atoms with Crippen molar-refractivity contribution in [2.45, 2.75) is 37.5 Å². The smallest absolute Gasteiger partial charge is 0.233 e. The van der Waals surface area contributed by atoms with Gasteiger partial charge < -0.3 is 10.2 Å². The molecule has 0 bridgehead atoms. The zero-order valence-corrected chi connectivity index (χ0v) is 16.4. The Balaban J connectivity index is 0.00000169. The highest BCUT2D eigenvalue weighted by molar-refractivity contribution is 9.10. The van der Waals surface area contributed by atoms with Gasteiger partial charge in [0.15, 0.2) is 0 Å². The van der Waals surface area contributed by atoms with Crippen LogP contribution in [0.15, 0.2) is 28.7 Å². The highest BCUT2D eigenvalue weighted by Gasteiger charge is 2.48. The lowest BCUT2D eigenvalue weighted by Gasteiger charge is -2.44. The summed E-state index contributed by atoms with van der Waals surface area (Å²) >= 11 is 3.50. The van der Waals surface area contributed by atoms with E-state index in [9.17, 15) is 4.79 Å². The third kappa shape index (κ3) is 3.13. The van der Waals surface area contributed by atoms with Crippen molar-refractivity contribution in [2.75, 3.05) is 26.2 Å². The molecule has 1 aliphatic carbocycles. The Kier molecular flexibility index (Phi) is 5.58. The Hall–Kier alpha value is -0.580. The highest BCUT2D eigenvalue weighted by Crippen LogP contribution is 2.46. The van der Waals surface area contributed by atoms with Gasteiger partial charge >= 0.3 is 0 Å². The first-order valence-electron chi connectivity index (χ1n) is 8.95. The van der Waals surface area contributed by atoms with E-state index in [1.165, 1.54) is 24.8 Å². The van der Waals surface area contributed by atoms with Gasteiger partial charge in [0.2, 0.25) is 5.91 Å². The van der Waals surface area contributed by atoms with E-state index in [-0.39, 0.29) is 17.8 Å². The number of halogens is 2. The summed E-state index contributed by atoms with van der Waals surface area (Å²) < 4.78 is 1.08. The predicted molar refractivity (Wildman–Crippen MR) is 103 cm³/mol. The lowest BCUT2D eigenvalue weighted by Crippen LogP contribution is -2.51. The van der Waals surface area contributed by atoms with E-state index in [0.29, 0.717) is 5.91 Å². The maximum Gasteiger partial charge on any atom is 0.233 e. The van der Waals surface area contributed by atoms with Crippen LogP contribution in [-0.4, -0.2) is 37.0 Å². The van der Waals surface area contributed by atoms with Crippen molar-refractivity contribution in [3.05, 3.63) is 34.3 Å². The topological polar surface area (TPSA) is 32.3 Å². The van der Waals surface area contributed by atoms with E-state index in [2.05, 4.69) is 50.4 Å². The largest absolute Gasteiger partial charge is 0.342 e. The fourth-order valence-electron chi connectivity index (χ4n) is 4.65. The van der Waals surface area contributed by atoms with Gasteiger partial charge in [0.25, 0.3) is 0 Å². The van der Waals surface area contributed by atoms with E-state index in [4.69, 9.17) is 0 Å². The maximum atomic E-state index is 13.4. The van der Waals surface area contributed by atoms with Crippen LogP contribution >= 0.6 is 28.3 Å². The average Bonchev–Trinajstić information content (AvgIpc) is 2.86. The molecule has 2 atom stereocenters. The van der Waals surface area contributed by atoms with Crippen LogP contribution in [0, 0.1) is 11.8 Å². The first-order chi connectivity index (χ1) is 11.2. The lowest BCUT2D eigenvalue weighted by atomic mass is 9.63. The van der Waals surface area contributed by atoms with Gasteiger partial charge in [0.1, 0.15) is 0 Å². The summed E-state index contributed by atoms with van der Waals surface area (Å²) in [7, 11) is 0. The SMILES string of the molecule is Cl.O=C(N1CC[C@@H]2CNC[C@@H]2CC1)C1(c2ccc(Br)cc2)CCC1. The maximum absolute atomic E-state index is 13.4. The molecule has 1 saturated carbocycles. The molecule has 1 aromatic rings. The van der Waals surface area contributed by atoms with Crippen LogP contribution in [0.4, 0.5) is 0 Å². The van der Waals surface area contributed by atoms with E-state index < -0.39 is 0 Å². The molecule has 0 radical (unpaired) electrons. The first-order valence-corrected chi connectivity index (χ1v) is 9.74. The Labute approximate surface area is 159 Å². The number of carbonyl (C=O) groups excluding carboxylic acids is 1. The molecular formula is C19H26BrClN2O. The van der Waals surface area contributed by atoms with Crippen molar-refractivity contribution in [3.8, 4) is 0 Å². The van der Waals surface area contributed by atoms with Crippen LogP contribution in [0.25, 0.3) is 0 Å². The van der Waals surface area contributed by atoms with Gasteiger partial charge in [-0.2, -0.15) is 0 Å². The molecule has 3 aliphatic rings. The molecule has 0 aromatic heterocycles. The molecular weight excluding hydrogens is 388 g/mol. The van der Waals surface area contributed by atoms with Crippen molar-refractivity contribution in [1.82, 2.24) is 10.2 Å². The Morgan fingerprint density at radius 3 is 2.17 bits per heavy atom. The van der Waals surface area contributed by atoms with Crippen LogP contribution in [0.1, 0.15) is 37.7 Å². The second kappa shape index (κ2) is 7.35. The van der Waals surface area contributed by atoms with Crippen LogP contribution in [-0.2, 0) is 10.2 Å². The third-order valence-electron chi connectivity index (χ3n) is 6.32. The van der Waals surface area contributed by atoms with Crippen LogP contribution in [0.5, 0.6) is 0 Å². The molecule has 3 fully saturated rings. The van der Waals surface area contributed by atoms with Crippen molar-refractivity contribution in [2.24, 2.45) is 11.8 Å². The minimum absolute atomic E-state index is 0. The quantitative estimate of drug-likeness (QED) is 0.801. The molecule has 2 saturated heterocycles. The number of hydrogen-bond acceptors (Lipinski definition) is 2. The number of rotatable bonds is 2. The van der Waals surface area contributed by atoms with Crippen molar-refractivity contribution < 1.29 is 4.79 Å². The number of carbonyl (C=O) groups is 1. The van der Waals surface area contributed by atoms with E-state index in [0.717, 1.165) is 55.3 Å². The molecule has 2 heterocycles. The number of amides is 1. The van der Waals surface area contributed by atoms with Crippen molar-refractivity contribution in [1.29, 1.82) is 0 Å². The summed E-state index contributed by atoms with van der Waals surface area (Å²) in [5.74, 6) is 1.94. The van der Waals surface area contributed by atoms with E-state index in [1.807, 2.05) is 0 Å². The summed E-state index contributed by atoms with van der Waals surface area (Å²) in [6.07, 6.45) is 5.53. The number of nitrogens with zero attached hydrogens (tertiary/aromatic N) is 1. The van der Waals surface area contributed by atoms with Gasteiger partial charge in [-0.15, -0.1) is 12.4 Å². The molecule has 0 spiro atoms. The normalized spacial score (nSPS) is 28.3. The second-order valence-electron chi connectivity index (χ2n) is 7.49. The second-order valence-corrected chi connectivity index (χ2v) is 8.41. The molecule has 0 unspecified atom stereocenters. The number of benzene rings is 1. The summed E-state index contributed by atoms with van der Waals surface area (Å²) in [5.41, 5.74) is 0.973. The molecule has 1 aromatic carbocycles. The molecule has 1 amide bonds. The monoisotopic (exact) mass is 412 g/mol. The molecule has 24 heavy (non-hydrogen) atoms. The number of nitrogens with one attached hydrogen (secondary N) is 1. The fourth-order valence-corrected chi connectivity index (χ4v) is 4.91. The zero-order valence-electron chi connectivity index (χ0n) is 14.0. The minimum atomic E-state index is -0.238. The molecule has 3 nitrogen and oxygen atoms in total. The molecule has 132 valence electrons. The van der Waals surface area contributed by atoms with Crippen molar-refractivity contribution in [3.63, 3.8) is 0 Å². The number of likely N-dealkylation sites (tertiary alicyclic amines) is 1. The summed E-state index contributed by atoms with van der Waals surface area (Å²) in [6.45, 7) is 4.18. The summed E-state index contributed by atoms with van der Waals surface area (Å²) in [4.78, 5) is 15.5. The van der Waals surface area contributed by atoms with Crippen LogP contribution < -0.4 is 5.32 Å². The van der Waals surface area contributed by atoms with Gasteiger partial charge in [-0.05, 0) is 68.3 Å². The van der Waals surface area contributed by atoms with Gasteiger partial charge in [-0.3, -0.25) is 4.79 Å². The Morgan fingerprint density at radius 2 is 1.67 bits per heavy atom. The average molecular weight is 414 g/mol. The summed E-state index contributed by atoms with van der Waals surface area (Å²) in [6, 6.07) is 8.41. The van der Waals surface area contributed by atoms with Gasteiger partial charge in [0, 0.05) is 17.6 Å². The van der Waals surface area contributed by atoms with Crippen molar-refractivity contribution >= 4 is 34.2 Å². The molecule has 4 rings (SSSR count). The van der Waals surface area contributed by atoms with E-state index in [1.54, 1.807) is 0 Å². The number of hydrogen-bond donors (Lipinski definition) is 1. The van der Waals surface area contributed by atoms with Gasteiger partial charge in [-0.1, -0.05) is 34.5 Å². The minimum Gasteiger partial charge on any atom is -0.342 e. The molecule has 1 N–H and O–H groups in total. The first kappa shape index (κ1) is 18.2. The summed E-state index contributed by atoms with van der Waals surface area (Å²) in [5, 5.41) is 3.51. The third-order valence-corrected chi connectivity index (χ3v) is 6.85. The number of fused-ring (bicyclic) bond motifs is 1. The Morgan fingerprint density at radius 1 is 1.08 bits per heavy atom. The lowest BCUT2D eigenvalue weighted by molar-refractivity contribution is -0.141. The van der Waals surface area contributed by atoms with Gasteiger partial charge in [0.05, 0.1) is 5.41 Å². The predicted octanol–water partition coefficient (Wildman–Crippen LogP) is 3.75. The molecule has 2 aliphatic heterocycles. The Bertz CT molecular complexity index is 574. The zero-order chi connectivity index (χ0) is 15.9. The van der Waals surface area contributed by atoms with Crippen LogP contribution in [0.3, 0.4) is 0 Å². The van der Waals surface area contributed by atoms with Crippen LogP contribution in [0.2, 0.25) is 0 Å². The fraction of sp³-hybridized carbons (Fsp3) is 0.632. The highest BCUT2D eigenvalue weighted by atomic mass is 79.9. The van der Waals surface area contributed by atoms with Gasteiger partial charge in [-0.25, -0.2) is 0 Å².